The first kappa shape index (κ1) is 22.8. The molecule has 0 saturated heterocycles. The van der Waals surface area contributed by atoms with Gasteiger partial charge < -0.3 is 14.6 Å². The summed E-state index contributed by atoms with van der Waals surface area (Å²) in [6, 6.07) is 20.1. The third-order valence-electron chi connectivity index (χ3n) is 4.72. The van der Waals surface area contributed by atoms with E-state index in [1.807, 2.05) is 36.4 Å². The molecule has 6 nitrogen and oxygen atoms in total. The minimum absolute atomic E-state index is 0.0132. The van der Waals surface area contributed by atoms with Gasteiger partial charge in [-0.1, -0.05) is 48.5 Å². The van der Waals surface area contributed by atoms with Crippen LogP contribution in [0.4, 0.5) is 0 Å². The molecule has 3 aromatic carbocycles. The average Bonchev–Trinajstić information content (AvgIpc) is 2.75. The Bertz CT molecular complexity index is 1130. The SMILES string of the molecule is CC(=O)COc1cccc2c(CCS(=O)(=O)CC(O)COc3ccccc3)cccc12. The van der Waals surface area contributed by atoms with Crippen LogP contribution in [0.5, 0.6) is 11.5 Å². The lowest BCUT2D eigenvalue weighted by Gasteiger charge is -2.14. The lowest BCUT2D eigenvalue weighted by molar-refractivity contribution is -0.118. The second-order valence-corrected chi connectivity index (χ2v) is 9.63. The van der Waals surface area contributed by atoms with Crippen molar-refractivity contribution in [2.24, 2.45) is 0 Å². The number of fused-ring (bicyclic) bond motifs is 1. The largest absolute Gasteiger partial charge is 0.491 e. The van der Waals surface area contributed by atoms with E-state index in [-0.39, 0.29) is 30.5 Å². The van der Waals surface area contributed by atoms with E-state index in [0.29, 0.717) is 17.9 Å². The van der Waals surface area contributed by atoms with Gasteiger partial charge in [-0.25, -0.2) is 8.42 Å². The van der Waals surface area contributed by atoms with Crippen molar-refractivity contribution in [3.05, 3.63) is 72.3 Å². The van der Waals surface area contributed by atoms with Gasteiger partial charge in [-0.05, 0) is 42.5 Å². The lowest BCUT2D eigenvalue weighted by Crippen LogP contribution is -2.29. The Kier molecular flexibility index (Phi) is 7.65. The summed E-state index contributed by atoms with van der Waals surface area (Å²) in [4.78, 5) is 11.2. The summed E-state index contributed by atoms with van der Waals surface area (Å²) < 4.78 is 36.1. The van der Waals surface area contributed by atoms with Crippen LogP contribution in [0.2, 0.25) is 0 Å². The van der Waals surface area contributed by atoms with Gasteiger partial charge in [-0.2, -0.15) is 0 Å². The van der Waals surface area contributed by atoms with Crippen molar-refractivity contribution in [3.8, 4) is 11.5 Å². The maximum atomic E-state index is 12.5. The summed E-state index contributed by atoms with van der Waals surface area (Å²) in [5, 5.41) is 11.8. The molecule has 0 amide bonds. The van der Waals surface area contributed by atoms with Crippen LogP contribution < -0.4 is 9.47 Å². The zero-order chi connectivity index (χ0) is 22.3. The Balaban J connectivity index is 1.62. The van der Waals surface area contributed by atoms with Crippen molar-refractivity contribution in [1.82, 2.24) is 0 Å². The predicted molar refractivity (Wildman–Crippen MR) is 120 cm³/mol. The molecular formula is C24H26O6S. The number of carbonyl (C=O) groups is 1. The summed E-state index contributed by atoms with van der Waals surface area (Å²) in [6.07, 6.45) is -0.799. The smallest absolute Gasteiger partial charge is 0.167 e. The number of hydrogen-bond acceptors (Lipinski definition) is 6. The van der Waals surface area contributed by atoms with E-state index in [2.05, 4.69) is 0 Å². The molecule has 3 aromatic rings. The van der Waals surface area contributed by atoms with Gasteiger partial charge in [0.2, 0.25) is 0 Å². The first-order valence-electron chi connectivity index (χ1n) is 10.0. The maximum Gasteiger partial charge on any atom is 0.167 e. The highest BCUT2D eigenvalue weighted by atomic mass is 32.2. The molecule has 0 fully saturated rings. The monoisotopic (exact) mass is 442 g/mol. The van der Waals surface area contributed by atoms with Gasteiger partial charge in [-0.15, -0.1) is 0 Å². The molecule has 7 heteroatoms. The van der Waals surface area contributed by atoms with E-state index in [0.717, 1.165) is 16.3 Å². The molecule has 0 radical (unpaired) electrons. The van der Waals surface area contributed by atoms with E-state index in [4.69, 9.17) is 9.47 Å². The van der Waals surface area contributed by atoms with Gasteiger partial charge in [0, 0.05) is 5.39 Å². The van der Waals surface area contributed by atoms with Gasteiger partial charge in [0.05, 0.1) is 11.5 Å². The van der Waals surface area contributed by atoms with Crippen molar-refractivity contribution < 1.29 is 27.8 Å². The number of sulfone groups is 1. The van der Waals surface area contributed by atoms with Gasteiger partial charge >= 0.3 is 0 Å². The second-order valence-electron chi connectivity index (χ2n) is 7.40. The predicted octanol–water partition coefficient (Wildman–Crippen LogP) is 3.20. The van der Waals surface area contributed by atoms with E-state index < -0.39 is 15.9 Å². The zero-order valence-corrected chi connectivity index (χ0v) is 18.2. The van der Waals surface area contributed by atoms with Gasteiger partial charge in [0.15, 0.2) is 15.6 Å². The molecule has 3 rings (SSSR count). The lowest BCUT2D eigenvalue weighted by atomic mass is 10.0. The number of carbonyl (C=O) groups excluding carboxylic acids is 1. The number of hydrogen-bond donors (Lipinski definition) is 1. The van der Waals surface area contributed by atoms with Crippen LogP contribution in [-0.4, -0.2) is 50.1 Å². The molecule has 0 heterocycles. The molecule has 0 spiro atoms. The van der Waals surface area contributed by atoms with Gasteiger partial charge in [0.25, 0.3) is 0 Å². The fraction of sp³-hybridized carbons (Fsp3) is 0.292. The highest BCUT2D eigenvalue weighted by molar-refractivity contribution is 7.91. The van der Waals surface area contributed by atoms with Crippen molar-refractivity contribution in [2.75, 3.05) is 24.7 Å². The minimum Gasteiger partial charge on any atom is -0.491 e. The summed E-state index contributed by atoms with van der Waals surface area (Å²) >= 11 is 0. The van der Waals surface area contributed by atoms with E-state index >= 15 is 0 Å². The van der Waals surface area contributed by atoms with Crippen LogP contribution in [0.3, 0.4) is 0 Å². The summed E-state index contributed by atoms with van der Waals surface area (Å²) in [5.74, 6) is 0.641. The average molecular weight is 443 g/mol. The quantitative estimate of drug-likeness (QED) is 0.491. The van der Waals surface area contributed by atoms with Crippen LogP contribution >= 0.6 is 0 Å². The van der Waals surface area contributed by atoms with E-state index in [9.17, 15) is 18.3 Å². The minimum atomic E-state index is -3.49. The van der Waals surface area contributed by atoms with Crippen molar-refractivity contribution in [3.63, 3.8) is 0 Å². The molecule has 0 saturated carbocycles. The summed E-state index contributed by atoms with van der Waals surface area (Å²) in [5.41, 5.74) is 0.865. The first-order chi connectivity index (χ1) is 14.8. The molecule has 1 N–H and O–H groups in total. The number of benzene rings is 3. The van der Waals surface area contributed by atoms with Crippen molar-refractivity contribution in [1.29, 1.82) is 0 Å². The van der Waals surface area contributed by atoms with Crippen LogP contribution in [0.15, 0.2) is 66.7 Å². The topological polar surface area (TPSA) is 89.9 Å². The number of aryl methyl sites for hydroxylation is 1. The number of rotatable bonds is 11. The molecule has 1 unspecified atom stereocenters. The third kappa shape index (κ3) is 6.80. The normalized spacial score (nSPS) is 12.5. The standard InChI is InChI=1S/C24H26O6S/c1-18(25)15-30-24-12-6-10-22-19(7-5-11-23(22)24)13-14-31(27,28)17-20(26)16-29-21-8-3-2-4-9-21/h2-12,20,26H,13-17H2,1H3. The number of aliphatic hydroxyl groups is 1. The molecule has 0 aliphatic heterocycles. The Morgan fingerprint density at radius 3 is 2.39 bits per heavy atom. The Labute approximate surface area is 182 Å². The maximum absolute atomic E-state index is 12.5. The van der Waals surface area contributed by atoms with E-state index in [1.54, 1.807) is 30.3 Å². The fourth-order valence-corrected chi connectivity index (χ4v) is 4.65. The first-order valence-corrected chi connectivity index (χ1v) is 11.9. The van der Waals surface area contributed by atoms with Crippen LogP contribution in [0, 0.1) is 0 Å². The second kappa shape index (κ2) is 10.4. The van der Waals surface area contributed by atoms with Crippen LogP contribution in [0.25, 0.3) is 10.8 Å². The molecule has 0 aromatic heterocycles. The Morgan fingerprint density at radius 1 is 0.935 bits per heavy atom. The molecule has 0 aliphatic carbocycles. The summed E-state index contributed by atoms with van der Waals surface area (Å²) in [6.45, 7) is 1.36. The zero-order valence-electron chi connectivity index (χ0n) is 17.4. The molecule has 164 valence electrons. The molecule has 31 heavy (non-hydrogen) atoms. The number of ketones is 1. The molecule has 0 bridgehead atoms. The molecule has 1 atom stereocenters. The van der Waals surface area contributed by atoms with Crippen molar-refractivity contribution in [2.45, 2.75) is 19.4 Å². The number of ether oxygens (including phenoxy) is 2. The van der Waals surface area contributed by atoms with Gasteiger partial charge in [0.1, 0.15) is 30.8 Å². The third-order valence-corrected chi connectivity index (χ3v) is 6.44. The molecule has 0 aliphatic rings. The molecular weight excluding hydrogens is 416 g/mol. The Hall–Kier alpha value is -2.90. The van der Waals surface area contributed by atoms with Gasteiger partial charge in [-0.3, -0.25) is 4.79 Å². The number of para-hydroxylation sites is 1. The van der Waals surface area contributed by atoms with Crippen LogP contribution in [0.1, 0.15) is 12.5 Å². The highest BCUT2D eigenvalue weighted by Gasteiger charge is 2.19. The summed E-state index contributed by atoms with van der Waals surface area (Å²) in [7, 11) is -3.49. The van der Waals surface area contributed by atoms with Crippen molar-refractivity contribution >= 4 is 26.4 Å². The highest BCUT2D eigenvalue weighted by Crippen LogP contribution is 2.28. The Morgan fingerprint density at radius 2 is 1.65 bits per heavy atom. The number of aliphatic hydroxyl groups excluding tert-OH is 1. The fourth-order valence-electron chi connectivity index (χ4n) is 3.27. The van der Waals surface area contributed by atoms with E-state index in [1.165, 1.54) is 6.92 Å². The number of Topliss-reactive ketones (excluding diaryl/α,β-unsaturated/α-hetero) is 1. The van der Waals surface area contributed by atoms with Crippen LogP contribution in [-0.2, 0) is 21.1 Å².